The Bertz CT molecular complexity index is 413. The fourth-order valence-corrected chi connectivity index (χ4v) is 2.92. The van der Waals surface area contributed by atoms with Gasteiger partial charge >= 0.3 is 0 Å². The van der Waals surface area contributed by atoms with E-state index in [0.717, 1.165) is 39.1 Å². The Hall–Kier alpha value is -1.06. The van der Waals surface area contributed by atoms with Crippen molar-refractivity contribution in [2.24, 2.45) is 0 Å². The third-order valence-electron chi connectivity index (χ3n) is 4.24. The molecule has 1 atom stereocenters. The Morgan fingerprint density at radius 2 is 2.10 bits per heavy atom. The van der Waals surface area contributed by atoms with Crippen LogP contribution in [0.4, 0.5) is 5.69 Å². The summed E-state index contributed by atoms with van der Waals surface area (Å²) in [6.07, 6.45) is 2.29. The zero-order chi connectivity index (χ0) is 14.4. The second kappa shape index (κ2) is 7.65. The third-order valence-corrected chi connectivity index (χ3v) is 4.24. The highest BCUT2D eigenvalue weighted by molar-refractivity contribution is 5.56. The van der Waals surface area contributed by atoms with Gasteiger partial charge in [-0.15, -0.1) is 0 Å². The van der Waals surface area contributed by atoms with E-state index in [4.69, 9.17) is 0 Å². The Balaban J connectivity index is 1.75. The van der Waals surface area contributed by atoms with E-state index in [0.29, 0.717) is 6.04 Å². The predicted octanol–water partition coefficient (Wildman–Crippen LogP) is 2.52. The van der Waals surface area contributed by atoms with E-state index in [9.17, 15) is 0 Å². The number of hydrogen-bond donors (Lipinski definition) is 2. The average molecular weight is 275 g/mol. The fraction of sp³-hybridized carbons (Fsp3) is 0.647. The molecule has 0 fully saturated rings. The predicted molar refractivity (Wildman–Crippen MR) is 87.6 cm³/mol. The molecular formula is C17H29N3. The van der Waals surface area contributed by atoms with Gasteiger partial charge in [0.05, 0.1) is 0 Å². The molecule has 0 amide bonds. The number of hydrogen-bond acceptors (Lipinski definition) is 3. The number of fused-ring (bicyclic) bond motifs is 1. The number of benzene rings is 1. The van der Waals surface area contributed by atoms with E-state index in [1.807, 2.05) is 0 Å². The van der Waals surface area contributed by atoms with Crippen molar-refractivity contribution in [1.29, 1.82) is 0 Å². The molecule has 1 aromatic rings. The van der Waals surface area contributed by atoms with Crippen LogP contribution in [0.3, 0.4) is 0 Å². The quantitative estimate of drug-likeness (QED) is 0.763. The molecule has 3 nitrogen and oxygen atoms in total. The summed E-state index contributed by atoms with van der Waals surface area (Å²) in [7, 11) is 0. The van der Waals surface area contributed by atoms with Gasteiger partial charge in [-0.1, -0.05) is 26.0 Å². The number of nitrogens with one attached hydrogen (secondary N) is 2. The first-order valence-corrected chi connectivity index (χ1v) is 8.04. The van der Waals surface area contributed by atoms with Crippen molar-refractivity contribution in [2.45, 2.75) is 39.7 Å². The molecule has 2 N–H and O–H groups in total. The van der Waals surface area contributed by atoms with Gasteiger partial charge in [-0.3, -0.25) is 0 Å². The molecule has 3 heteroatoms. The number of rotatable bonds is 8. The van der Waals surface area contributed by atoms with Crippen molar-refractivity contribution >= 4 is 5.69 Å². The lowest BCUT2D eigenvalue weighted by molar-refractivity contribution is 0.297. The maximum absolute atomic E-state index is 3.64. The molecule has 112 valence electrons. The van der Waals surface area contributed by atoms with Crippen molar-refractivity contribution in [3.05, 3.63) is 29.3 Å². The summed E-state index contributed by atoms with van der Waals surface area (Å²) in [5, 5.41) is 7.06. The van der Waals surface area contributed by atoms with Gasteiger partial charge in [0.15, 0.2) is 0 Å². The van der Waals surface area contributed by atoms with E-state index < -0.39 is 0 Å². The Morgan fingerprint density at radius 1 is 1.30 bits per heavy atom. The Morgan fingerprint density at radius 3 is 2.85 bits per heavy atom. The van der Waals surface area contributed by atoms with Gasteiger partial charge in [0.2, 0.25) is 0 Å². The Labute approximate surface area is 123 Å². The number of nitrogens with zero attached hydrogens (tertiary/aromatic N) is 1. The van der Waals surface area contributed by atoms with Gasteiger partial charge in [0, 0.05) is 31.4 Å². The van der Waals surface area contributed by atoms with Crippen LogP contribution < -0.4 is 10.6 Å². The third kappa shape index (κ3) is 4.22. The van der Waals surface area contributed by atoms with Crippen molar-refractivity contribution in [3.63, 3.8) is 0 Å². The molecule has 1 heterocycles. The van der Waals surface area contributed by atoms with E-state index in [2.05, 4.69) is 54.5 Å². The lowest BCUT2D eigenvalue weighted by atomic mass is 10.0. The SMILES string of the molecule is CCN(CC)CCNC(C)Cc1ccc2c(c1)CCN2. The standard InChI is InChI=1S/C17H29N3/c1-4-20(5-2)11-10-18-14(3)12-15-6-7-17-16(13-15)8-9-19-17/h6-7,13-14,18-19H,4-5,8-12H2,1-3H3. The van der Waals surface area contributed by atoms with Crippen molar-refractivity contribution in [3.8, 4) is 0 Å². The normalized spacial score (nSPS) is 15.2. The molecule has 20 heavy (non-hydrogen) atoms. The maximum Gasteiger partial charge on any atom is 0.0373 e. The smallest absolute Gasteiger partial charge is 0.0373 e. The molecular weight excluding hydrogens is 246 g/mol. The minimum atomic E-state index is 0.540. The first-order valence-electron chi connectivity index (χ1n) is 8.04. The van der Waals surface area contributed by atoms with Gasteiger partial charge in [0.25, 0.3) is 0 Å². The highest BCUT2D eigenvalue weighted by atomic mass is 15.1. The minimum absolute atomic E-state index is 0.540. The topological polar surface area (TPSA) is 27.3 Å². The van der Waals surface area contributed by atoms with Crippen LogP contribution in [0.15, 0.2) is 18.2 Å². The summed E-state index contributed by atoms with van der Waals surface area (Å²) in [6.45, 7) is 12.3. The highest BCUT2D eigenvalue weighted by Gasteiger charge is 2.11. The first-order chi connectivity index (χ1) is 9.72. The lowest BCUT2D eigenvalue weighted by Crippen LogP contribution is -2.36. The van der Waals surface area contributed by atoms with Gasteiger partial charge in [0.1, 0.15) is 0 Å². The number of likely N-dealkylation sites (N-methyl/N-ethyl adjacent to an activating group) is 1. The first kappa shape index (κ1) is 15.3. The lowest BCUT2D eigenvalue weighted by Gasteiger charge is -2.20. The van der Waals surface area contributed by atoms with Gasteiger partial charge in [-0.05, 0) is 50.0 Å². The summed E-state index contributed by atoms with van der Waals surface area (Å²) in [5.41, 5.74) is 4.27. The zero-order valence-electron chi connectivity index (χ0n) is 13.2. The van der Waals surface area contributed by atoms with Crippen molar-refractivity contribution in [1.82, 2.24) is 10.2 Å². The number of anilines is 1. The van der Waals surface area contributed by atoms with E-state index in [1.54, 1.807) is 0 Å². The Kier molecular flexibility index (Phi) is 5.86. The van der Waals surface area contributed by atoms with Crippen LogP contribution >= 0.6 is 0 Å². The van der Waals surface area contributed by atoms with Gasteiger partial charge in [-0.2, -0.15) is 0 Å². The van der Waals surface area contributed by atoms with Crippen molar-refractivity contribution < 1.29 is 0 Å². The summed E-state index contributed by atoms with van der Waals surface area (Å²) in [4.78, 5) is 2.46. The molecule has 1 aliphatic rings. The van der Waals surface area contributed by atoms with Crippen molar-refractivity contribution in [2.75, 3.05) is 38.0 Å². The average Bonchev–Trinajstić information content (AvgIpc) is 2.91. The molecule has 0 bridgehead atoms. The second-order valence-corrected chi connectivity index (χ2v) is 5.75. The van der Waals surface area contributed by atoms with Crippen LogP contribution in [-0.4, -0.2) is 43.7 Å². The zero-order valence-corrected chi connectivity index (χ0v) is 13.2. The molecule has 0 radical (unpaired) electrons. The van der Waals surface area contributed by atoms with Crippen LogP contribution in [-0.2, 0) is 12.8 Å². The summed E-state index contributed by atoms with van der Waals surface area (Å²) in [5.74, 6) is 0. The minimum Gasteiger partial charge on any atom is -0.384 e. The van der Waals surface area contributed by atoms with Gasteiger partial charge < -0.3 is 15.5 Å². The molecule has 2 rings (SSSR count). The van der Waals surface area contributed by atoms with Crippen LogP contribution in [0.1, 0.15) is 31.9 Å². The van der Waals surface area contributed by atoms with Gasteiger partial charge in [-0.25, -0.2) is 0 Å². The summed E-state index contributed by atoms with van der Waals surface area (Å²) >= 11 is 0. The molecule has 1 aliphatic heterocycles. The second-order valence-electron chi connectivity index (χ2n) is 5.75. The maximum atomic E-state index is 3.64. The van der Waals surface area contributed by atoms with Crippen LogP contribution in [0.5, 0.6) is 0 Å². The van der Waals surface area contributed by atoms with Crippen LogP contribution in [0.25, 0.3) is 0 Å². The molecule has 0 saturated carbocycles. The van der Waals surface area contributed by atoms with E-state index in [1.165, 1.54) is 23.2 Å². The van der Waals surface area contributed by atoms with Crippen LogP contribution in [0, 0.1) is 0 Å². The molecule has 0 aliphatic carbocycles. The van der Waals surface area contributed by atoms with E-state index >= 15 is 0 Å². The largest absolute Gasteiger partial charge is 0.384 e. The fourth-order valence-electron chi connectivity index (χ4n) is 2.92. The summed E-state index contributed by atoms with van der Waals surface area (Å²) in [6, 6.07) is 7.41. The highest BCUT2D eigenvalue weighted by Crippen LogP contribution is 2.23. The summed E-state index contributed by atoms with van der Waals surface area (Å²) < 4.78 is 0. The molecule has 1 unspecified atom stereocenters. The van der Waals surface area contributed by atoms with E-state index in [-0.39, 0.29) is 0 Å². The molecule has 0 aromatic heterocycles. The molecule has 0 saturated heterocycles. The molecule has 1 aromatic carbocycles. The molecule has 0 spiro atoms. The van der Waals surface area contributed by atoms with Crippen LogP contribution in [0.2, 0.25) is 0 Å². The monoisotopic (exact) mass is 275 g/mol.